The van der Waals surface area contributed by atoms with Gasteiger partial charge in [-0.3, -0.25) is 14.5 Å². The number of ether oxygens (including phenoxy) is 3. The van der Waals surface area contributed by atoms with Crippen molar-refractivity contribution in [3.8, 4) is 17.2 Å². The standard InChI is InChI=1S/C30H28F3NO6/c1-16(2)22-15-23(17(3)13-24(22)39-5)27(35)25-26(18-9-11-20(38-4)12-10-18)34(29(37)28(25)36)19-7-6-8-21(14-19)40-30(31,32)33/h6-16,26,35H,1-5H3/b27-25+. The van der Waals surface area contributed by atoms with Crippen LogP contribution in [0.25, 0.3) is 5.76 Å². The van der Waals surface area contributed by atoms with E-state index in [0.717, 1.165) is 22.6 Å². The molecule has 0 bridgehead atoms. The van der Waals surface area contributed by atoms with Crippen molar-refractivity contribution in [1.29, 1.82) is 0 Å². The van der Waals surface area contributed by atoms with Crippen LogP contribution in [0.15, 0.2) is 66.2 Å². The van der Waals surface area contributed by atoms with Gasteiger partial charge in [-0.15, -0.1) is 13.2 Å². The van der Waals surface area contributed by atoms with E-state index in [1.54, 1.807) is 43.3 Å². The van der Waals surface area contributed by atoms with Crippen molar-refractivity contribution >= 4 is 23.1 Å². The first-order valence-corrected chi connectivity index (χ1v) is 12.4. The molecule has 0 radical (unpaired) electrons. The molecule has 1 aliphatic rings. The molecular formula is C30H28F3NO6. The van der Waals surface area contributed by atoms with Crippen molar-refractivity contribution in [1.82, 2.24) is 0 Å². The van der Waals surface area contributed by atoms with Gasteiger partial charge in [0.05, 0.1) is 25.8 Å². The summed E-state index contributed by atoms with van der Waals surface area (Å²) in [6, 6.07) is 13.5. The molecule has 1 aliphatic heterocycles. The lowest BCUT2D eigenvalue weighted by atomic mass is 9.91. The molecule has 0 saturated carbocycles. The number of carbonyl (C=O) groups excluding carboxylic acids is 2. The number of aryl methyl sites for hydroxylation is 1. The predicted molar refractivity (Wildman–Crippen MR) is 143 cm³/mol. The molecule has 0 spiro atoms. The quantitative estimate of drug-likeness (QED) is 0.199. The predicted octanol–water partition coefficient (Wildman–Crippen LogP) is 6.66. The fourth-order valence-electron chi connectivity index (χ4n) is 4.76. The van der Waals surface area contributed by atoms with Gasteiger partial charge in [-0.1, -0.05) is 32.0 Å². The van der Waals surface area contributed by atoms with Crippen LogP contribution in [0.3, 0.4) is 0 Å². The van der Waals surface area contributed by atoms with Gasteiger partial charge < -0.3 is 19.3 Å². The number of rotatable bonds is 7. The SMILES string of the molecule is COc1ccc(C2/C(=C(\O)c3cc(C(C)C)c(OC)cc3C)C(=O)C(=O)N2c2cccc(OC(F)(F)F)c2)cc1. The van der Waals surface area contributed by atoms with Gasteiger partial charge >= 0.3 is 6.36 Å². The van der Waals surface area contributed by atoms with E-state index in [9.17, 15) is 27.9 Å². The number of anilines is 1. The van der Waals surface area contributed by atoms with Crippen molar-refractivity contribution in [2.45, 2.75) is 39.1 Å². The maximum Gasteiger partial charge on any atom is 0.573 e. The maximum atomic E-state index is 13.5. The number of alkyl halides is 3. The van der Waals surface area contributed by atoms with Crippen molar-refractivity contribution in [3.63, 3.8) is 0 Å². The second kappa shape index (κ2) is 11.0. The summed E-state index contributed by atoms with van der Waals surface area (Å²) < 4.78 is 53.5. The molecule has 0 aromatic heterocycles. The third-order valence-electron chi connectivity index (χ3n) is 6.66. The Morgan fingerprint density at radius 2 is 1.62 bits per heavy atom. The lowest BCUT2D eigenvalue weighted by Crippen LogP contribution is -2.29. The summed E-state index contributed by atoms with van der Waals surface area (Å²) in [6.07, 6.45) is -4.96. The molecule has 1 unspecified atom stereocenters. The Morgan fingerprint density at radius 1 is 0.950 bits per heavy atom. The van der Waals surface area contributed by atoms with E-state index >= 15 is 0 Å². The second-order valence-electron chi connectivity index (χ2n) is 9.55. The molecule has 0 aliphatic carbocycles. The van der Waals surface area contributed by atoms with E-state index < -0.39 is 35.6 Å². The number of amides is 1. The van der Waals surface area contributed by atoms with Crippen molar-refractivity contribution < 1.29 is 42.1 Å². The first-order valence-electron chi connectivity index (χ1n) is 12.4. The Hall–Kier alpha value is -4.47. The number of carbonyl (C=O) groups is 2. The van der Waals surface area contributed by atoms with Gasteiger partial charge in [-0.25, -0.2) is 0 Å². The van der Waals surface area contributed by atoms with Gasteiger partial charge in [-0.05, 0) is 65.9 Å². The van der Waals surface area contributed by atoms with Gasteiger partial charge in [0.1, 0.15) is 23.0 Å². The van der Waals surface area contributed by atoms with Crippen LogP contribution >= 0.6 is 0 Å². The van der Waals surface area contributed by atoms with Crippen LogP contribution in [0.1, 0.15) is 48.1 Å². The Morgan fingerprint density at radius 3 is 2.20 bits per heavy atom. The first kappa shape index (κ1) is 28.5. The summed E-state index contributed by atoms with van der Waals surface area (Å²) in [6.45, 7) is 5.63. The summed E-state index contributed by atoms with van der Waals surface area (Å²) in [5.41, 5.74) is 1.91. The lowest BCUT2D eigenvalue weighted by Gasteiger charge is -2.26. The van der Waals surface area contributed by atoms with E-state index in [2.05, 4.69) is 4.74 Å². The average molecular weight is 556 g/mol. The molecular weight excluding hydrogens is 527 g/mol. The molecule has 1 amide bonds. The Kier molecular flexibility index (Phi) is 7.81. The minimum absolute atomic E-state index is 0.0123. The number of aliphatic hydroxyl groups is 1. The molecule has 4 rings (SSSR count). The van der Waals surface area contributed by atoms with E-state index in [0.29, 0.717) is 28.2 Å². The Balaban J connectivity index is 1.95. The molecule has 3 aromatic rings. The number of methoxy groups -OCH3 is 2. The second-order valence-corrected chi connectivity index (χ2v) is 9.55. The molecule has 1 heterocycles. The fourth-order valence-corrected chi connectivity index (χ4v) is 4.76. The molecule has 10 heteroatoms. The van der Waals surface area contributed by atoms with Crippen LogP contribution in [0.2, 0.25) is 0 Å². The highest BCUT2D eigenvalue weighted by molar-refractivity contribution is 6.51. The highest BCUT2D eigenvalue weighted by Gasteiger charge is 2.47. The summed E-state index contributed by atoms with van der Waals surface area (Å²) in [7, 11) is 3.01. The molecule has 3 aromatic carbocycles. The molecule has 210 valence electrons. The van der Waals surface area contributed by atoms with Crippen LogP contribution < -0.4 is 19.1 Å². The number of Topliss-reactive ketones (excluding diaryl/α,β-unsaturated/α-hetero) is 1. The number of hydrogen-bond donors (Lipinski definition) is 1. The number of halogens is 3. The van der Waals surface area contributed by atoms with Crippen LogP contribution in [-0.4, -0.2) is 37.4 Å². The van der Waals surface area contributed by atoms with Gasteiger partial charge in [0, 0.05) is 17.3 Å². The van der Waals surface area contributed by atoms with Crippen LogP contribution in [-0.2, 0) is 9.59 Å². The van der Waals surface area contributed by atoms with Gasteiger partial charge in [0.15, 0.2) is 0 Å². The smallest absolute Gasteiger partial charge is 0.507 e. The van der Waals surface area contributed by atoms with E-state index in [1.807, 2.05) is 13.8 Å². The minimum atomic E-state index is -4.96. The van der Waals surface area contributed by atoms with Crippen LogP contribution in [0.4, 0.5) is 18.9 Å². The Bertz CT molecular complexity index is 1480. The van der Waals surface area contributed by atoms with Crippen molar-refractivity contribution in [2.24, 2.45) is 0 Å². The molecule has 1 N–H and O–H groups in total. The van der Waals surface area contributed by atoms with Crippen LogP contribution in [0.5, 0.6) is 17.2 Å². The summed E-state index contributed by atoms with van der Waals surface area (Å²) in [5, 5.41) is 11.6. The molecule has 40 heavy (non-hydrogen) atoms. The monoisotopic (exact) mass is 555 g/mol. The topological polar surface area (TPSA) is 85.3 Å². The number of aliphatic hydroxyl groups excluding tert-OH is 1. The highest BCUT2D eigenvalue weighted by atomic mass is 19.4. The molecule has 1 saturated heterocycles. The summed E-state index contributed by atoms with van der Waals surface area (Å²) >= 11 is 0. The largest absolute Gasteiger partial charge is 0.573 e. The van der Waals surface area contributed by atoms with Crippen LogP contribution in [0, 0.1) is 6.92 Å². The zero-order valence-corrected chi connectivity index (χ0v) is 22.5. The van der Waals surface area contributed by atoms with Crippen molar-refractivity contribution in [2.75, 3.05) is 19.1 Å². The zero-order chi connectivity index (χ0) is 29.4. The Labute approximate surface area is 229 Å². The minimum Gasteiger partial charge on any atom is -0.507 e. The van der Waals surface area contributed by atoms with E-state index in [1.165, 1.54) is 26.4 Å². The zero-order valence-electron chi connectivity index (χ0n) is 22.5. The van der Waals surface area contributed by atoms with Gasteiger partial charge in [0.2, 0.25) is 0 Å². The number of ketones is 1. The third kappa shape index (κ3) is 5.47. The maximum absolute atomic E-state index is 13.5. The normalized spacial score (nSPS) is 16.9. The average Bonchev–Trinajstić information content (AvgIpc) is 3.17. The van der Waals surface area contributed by atoms with Crippen molar-refractivity contribution in [3.05, 3.63) is 88.5 Å². The summed E-state index contributed by atoms with van der Waals surface area (Å²) in [5.74, 6) is -1.84. The third-order valence-corrected chi connectivity index (χ3v) is 6.66. The highest BCUT2D eigenvalue weighted by Crippen LogP contribution is 2.44. The molecule has 1 fully saturated rings. The van der Waals surface area contributed by atoms with Gasteiger partial charge in [-0.2, -0.15) is 0 Å². The number of hydrogen-bond acceptors (Lipinski definition) is 6. The first-order chi connectivity index (χ1) is 18.9. The van der Waals surface area contributed by atoms with Gasteiger partial charge in [0.25, 0.3) is 11.7 Å². The lowest BCUT2D eigenvalue weighted by molar-refractivity contribution is -0.274. The summed E-state index contributed by atoms with van der Waals surface area (Å²) in [4.78, 5) is 28.0. The molecule has 7 nitrogen and oxygen atoms in total. The van der Waals surface area contributed by atoms with E-state index in [4.69, 9.17) is 9.47 Å². The fraction of sp³-hybridized carbons (Fsp3) is 0.267. The molecule has 1 atom stereocenters. The number of benzene rings is 3. The number of nitrogens with zero attached hydrogens (tertiary/aromatic N) is 1. The van der Waals surface area contributed by atoms with E-state index in [-0.39, 0.29) is 17.2 Å².